The quantitative estimate of drug-likeness (QED) is 0.818. The number of aromatic nitrogens is 1. The molecule has 3 atom stereocenters. The van der Waals surface area contributed by atoms with Crippen LogP contribution in [-0.2, 0) is 9.53 Å². The van der Waals surface area contributed by atoms with Crippen molar-refractivity contribution in [1.82, 2.24) is 14.8 Å². The summed E-state index contributed by atoms with van der Waals surface area (Å²) in [5.41, 5.74) is -0.216. The van der Waals surface area contributed by atoms with Crippen LogP contribution in [0.5, 0.6) is 5.88 Å². The summed E-state index contributed by atoms with van der Waals surface area (Å²) in [5, 5.41) is 0. The molecule has 1 saturated carbocycles. The fraction of sp³-hybridized carbons (Fsp3) is 0.667. The number of amides is 1. The van der Waals surface area contributed by atoms with Gasteiger partial charge in [-0.2, -0.15) is 0 Å². The molecule has 1 aromatic rings. The first-order valence-corrected chi connectivity index (χ1v) is 8.61. The van der Waals surface area contributed by atoms with Gasteiger partial charge < -0.3 is 19.3 Å². The largest absolute Gasteiger partial charge is 0.474 e. The minimum absolute atomic E-state index is 0.0703. The normalized spacial score (nSPS) is 29.6. The second-order valence-electron chi connectivity index (χ2n) is 7.04. The van der Waals surface area contributed by atoms with Crippen molar-refractivity contribution in [2.24, 2.45) is 0 Å². The second-order valence-corrected chi connectivity index (χ2v) is 7.04. The van der Waals surface area contributed by atoms with Crippen molar-refractivity contribution in [2.75, 3.05) is 34.3 Å². The van der Waals surface area contributed by atoms with Gasteiger partial charge in [-0.15, -0.1) is 0 Å². The zero-order chi connectivity index (χ0) is 17.2. The van der Waals surface area contributed by atoms with E-state index >= 15 is 0 Å². The Balaban J connectivity index is 1.72. The molecule has 3 rings (SSSR count). The third-order valence-electron chi connectivity index (χ3n) is 5.24. The van der Waals surface area contributed by atoms with E-state index in [2.05, 4.69) is 4.98 Å². The molecule has 1 aromatic heterocycles. The van der Waals surface area contributed by atoms with E-state index in [1.165, 1.54) is 0 Å². The third kappa shape index (κ3) is 3.39. The number of fused-ring (bicyclic) bond motifs is 1. The van der Waals surface area contributed by atoms with E-state index in [4.69, 9.17) is 9.47 Å². The SMILES string of the molecule is CO[C@@]12CC[C@H](Oc3ccccn3)C[C@@H]1N(C(=O)CN(C)C)CC2. The van der Waals surface area contributed by atoms with Gasteiger partial charge in [0.15, 0.2) is 0 Å². The van der Waals surface area contributed by atoms with Crippen LogP contribution in [0.1, 0.15) is 25.7 Å². The van der Waals surface area contributed by atoms with Crippen LogP contribution in [-0.4, -0.2) is 72.7 Å². The first-order chi connectivity index (χ1) is 11.5. The molecule has 1 amide bonds. The highest BCUT2D eigenvalue weighted by molar-refractivity contribution is 5.79. The summed E-state index contributed by atoms with van der Waals surface area (Å²) >= 11 is 0. The second kappa shape index (κ2) is 7.07. The van der Waals surface area contributed by atoms with Crippen LogP contribution in [0.25, 0.3) is 0 Å². The summed E-state index contributed by atoms with van der Waals surface area (Å²) in [6, 6.07) is 5.76. The molecule has 132 valence electrons. The first kappa shape index (κ1) is 17.2. The lowest BCUT2D eigenvalue weighted by atomic mass is 9.79. The molecule has 0 bridgehead atoms. The number of nitrogens with zero attached hydrogens (tertiary/aromatic N) is 3. The van der Waals surface area contributed by atoms with Crippen molar-refractivity contribution in [2.45, 2.75) is 43.4 Å². The van der Waals surface area contributed by atoms with Crippen molar-refractivity contribution < 1.29 is 14.3 Å². The molecule has 24 heavy (non-hydrogen) atoms. The number of carbonyl (C=O) groups excluding carboxylic acids is 1. The minimum atomic E-state index is -0.216. The van der Waals surface area contributed by atoms with Gasteiger partial charge in [0.2, 0.25) is 11.8 Å². The zero-order valence-corrected chi connectivity index (χ0v) is 14.8. The van der Waals surface area contributed by atoms with Crippen LogP contribution in [0.15, 0.2) is 24.4 Å². The first-order valence-electron chi connectivity index (χ1n) is 8.61. The summed E-state index contributed by atoms with van der Waals surface area (Å²) in [5.74, 6) is 0.819. The lowest BCUT2D eigenvalue weighted by Crippen LogP contribution is -2.54. The van der Waals surface area contributed by atoms with Crippen LogP contribution in [0.4, 0.5) is 0 Å². The molecule has 6 nitrogen and oxygen atoms in total. The average Bonchev–Trinajstić information content (AvgIpc) is 2.95. The fourth-order valence-corrected chi connectivity index (χ4v) is 4.02. The molecule has 0 aromatic carbocycles. The number of likely N-dealkylation sites (tertiary alicyclic amines) is 1. The van der Waals surface area contributed by atoms with Crippen LogP contribution >= 0.6 is 0 Å². The molecular formula is C18H27N3O3. The van der Waals surface area contributed by atoms with E-state index in [1.54, 1.807) is 13.3 Å². The number of pyridine rings is 1. The molecule has 1 saturated heterocycles. The Morgan fingerprint density at radius 1 is 1.42 bits per heavy atom. The Kier molecular flexibility index (Phi) is 5.06. The number of carbonyl (C=O) groups is 1. The number of likely N-dealkylation sites (N-methyl/N-ethyl adjacent to an activating group) is 1. The molecule has 2 aliphatic rings. The maximum atomic E-state index is 12.6. The van der Waals surface area contributed by atoms with Crippen LogP contribution in [0, 0.1) is 0 Å². The average molecular weight is 333 g/mol. The molecule has 1 aliphatic carbocycles. The molecule has 2 fully saturated rings. The maximum Gasteiger partial charge on any atom is 0.237 e. The summed E-state index contributed by atoms with van der Waals surface area (Å²) in [7, 11) is 5.61. The molecule has 6 heteroatoms. The number of methoxy groups -OCH3 is 1. The Morgan fingerprint density at radius 2 is 2.25 bits per heavy atom. The van der Waals surface area contributed by atoms with Crippen molar-refractivity contribution in [1.29, 1.82) is 0 Å². The van der Waals surface area contributed by atoms with E-state index in [-0.39, 0.29) is 23.7 Å². The summed E-state index contributed by atoms with van der Waals surface area (Å²) in [6.45, 7) is 1.20. The van der Waals surface area contributed by atoms with Gasteiger partial charge in [0, 0.05) is 32.3 Å². The Morgan fingerprint density at radius 3 is 2.92 bits per heavy atom. The monoisotopic (exact) mass is 333 g/mol. The fourth-order valence-electron chi connectivity index (χ4n) is 4.02. The third-order valence-corrected chi connectivity index (χ3v) is 5.24. The highest BCUT2D eigenvalue weighted by atomic mass is 16.5. The van der Waals surface area contributed by atoms with Gasteiger partial charge in [0.05, 0.1) is 18.2 Å². The Labute approximate surface area is 143 Å². The van der Waals surface area contributed by atoms with E-state index in [1.807, 2.05) is 42.1 Å². The minimum Gasteiger partial charge on any atom is -0.474 e. The molecule has 0 unspecified atom stereocenters. The van der Waals surface area contributed by atoms with E-state index in [0.717, 1.165) is 32.2 Å². The highest BCUT2D eigenvalue weighted by Gasteiger charge is 2.52. The van der Waals surface area contributed by atoms with E-state index in [0.29, 0.717) is 12.4 Å². The van der Waals surface area contributed by atoms with Gasteiger partial charge in [-0.05, 0) is 39.4 Å². The van der Waals surface area contributed by atoms with Crippen molar-refractivity contribution in [3.63, 3.8) is 0 Å². The summed E-state index contributed by atoms with van der Waals surface area (Å²) < 4.78 is 12.0. The zero-order valence-electron chi connectivity index (χ0n) is 14.8. The molecule has 0 spiro atoms. The number of hydrogen-bond acceptors (Lipinski definition) is 5. The Bertz CT molecular complexity index is 566. The topological polar surface area (TPSA) is 54.9 Å². The predicted molar refractivity (Wildman–Crippen MR) is 90.9 cm³/mol. The van der Waals surface area contributed by atoms with Gasteiger partial charge in [0.25, 0.3) is 0 Å². The predicted octanol–water partition coefficient (Wildman–Crippen LogP) is 1.56. The molecular weight excluding hydrogens is 306 g/mol. The van der Waals surface area contributed by atoms with Gasteiger partial charge in [-0.3, -0.25) is 4.79 Å². The van der Waals surface area contributed by atoms with Gasteiger partial charge in [-0.25, -0.2) is 4.98 Å². The van der Waals surface area contributed by atoms with E-state index < -0.39 is 0 Å². The molecule has 2 heterocycles. The number of ether oxygens (including phenoxy) is 2. The molecule has 1 aliphatic heterocycles. The van der Waals surface area contributed by atoms with Crippen molar-refractivity contribution >= 4 is 5.91 Å². The van der Waals surface area contributed by atoms with Crippen LogP contribution < -0.4 is 4.74 Å². The lowest BCUT2D eigenvalue weighted by Gasteiger charge is -2.43. The van der Waals surface area contributed by atoms with E-state index in [9.17, 15) is 4.79 Å². The van der Waals surface area contributed by atoms with Gasteiger partial charge in [-0.1, -0.05) is 6.07 Å². The molecule has 0 N–H and O–H groups in total. The number of rotatable bonds is 5. The van der Waals surface area contributed by atoms with Crippen LogP contribution in [0.2, 0.25) is 0 Å². The summed E-state index contributed by atoms with van der Waals surface area (Å²) in [6.07, 6.45) is 5.35. The smallest absolute Gasteiger partial charge is 0.237 e. The van der Waals surface area contributed by atoms with Gasteiger partial charge >= 0.3 is 0 Å². The Hall–Kier alpha value is -1.66. The van der Waals surface area contributed by atoms with Crippen LogP contribution in [0.3, 0.4) is 0 Å². The standard InChI is InChI=1S/C18H27N3O3/c1-20(2)13-17(22)21-11-9-18(23-3)8-7-14(12-15(18)21)24-16-6-4-5-10-19-16/h4-6,10,14-15H,7-9,11-13H2,1-3H3/t14-,15-,18+/m0/s1. The van der Waals surface area contributed by atoms with Crippen molar-refractivity contribution in [3.8, 4) is 5.88 Å². The highest BCUT2D eigenvalue weighted by Crippen LogP contribution is 2.43. The summed E-state index contributed by atoms with van der Waals surface area (Å²) in [4.78, 5) is 20.8. The van der Waals surface area contributed by atoms with Crippen molar-refractivity contribution in [3.05, 3.63) is 24.4 Å². The molecule has 0 radical (unpaired) electrons. The van der Waals surface area contributed by atoms with Gasteiger partial charge in [0.1, 0.15) is 6.10 Å². The maximum absolute atomic E-state index is 12.6. The number of hydrogen-bond donors (Lipinski definition) is 0. The lowest BCUT2D eigenvalue weighted by molar-refractivity contribution is -0.139.